The Hall–Kier alpha value is -1.42. The zero-order valence-corrected chi connectivity index (χ0v) is 16.4. The van der Waals surface area contributed by atoms with Crippen molar-refractivity contribution in [2.45, 2.75) is 53.6 Å². The highest BCUT2D eigenvalue weighted by atomic mass is 16.5. The molecule has 0 heterocycles. The van der Waals surface area contributed by atoms with Gasteiger partial charge in [0, 0.05) is 18.8 Å². The molecule has 4 nitrogen and oxygen atoms in total. The number of allylic oxidation sites excluding steroid dienone is 2. The maximum absolute atomic E-state index is 13.9. The Balaban J connectivity index is 1.85. The van der Waals surface area contributed by atoms with Crippen molar-refractivity contribution in [1.29, 1.82) is 0 Å². The summed E-state index contributed by atoms with van der Waals surface area (Å²) in [5, 5.41) is 9.94. The van der Waals surface area contributed by atoms with E-state index < -0.39 is 5.41 Å². The standard InChI is InChI=1S/C22H30O4/c1-11-9-22-12(2)6-16-18(21(16,4)5)15(20(22)25)7-14(10-23)8-17(22)19(11)26-13(3)24/h7,9,12,15-19,23H,6,8,10H2,1-5H3/t12?,15-,16+,17+,18-,19-,22?/m0/s1. The lowest BCUT2D eigenvalue weighted by Gasteiger charge is -2.40. The topological polar surface area (TPSA) is 63.6 Å². The number of Topliss-reactive ketones (excluding diaryl/α,β-unsaturated/α-hetero) is 1. The van der Waals surface area contributed by atoms with E-state index in [1.807, 2.05) is 6.92 Å². The number of fused-ring (bicyclic) bond motifs is 3. The van der Waals surface area contributed by atoms with E-state index in [1.165, 1.54) is 6.92 Å². The predicted octanol–water partition coefficient (Wildman–Crippen LogP) is 3.30. The number of aliphatic hydroxyl groups excluding tert-OH is 1. The average molecular weight is 358 g/mol. The van der Waals surface area contributed by atoms with Crippen LogP contribution in [-0.4, -0.2) is 29.6 Å². The molecule has 4 aliphatic rings. The van der Waals surface area contributed by atoms with Gasteiger partial charge in [-0.2, -0.15) is 0 Å². The fourth-order valence-electron chi connectivity index (χ4n) is 6.65. The van der Waals surface area contributed by atoms with Gasteiger partial charge < -0.3 is 9.84 Å². The van der Waals surface area contributed by atoms with Crippen LogP contribution in [0.4, 0.5) is 0 Å². The molecule has 0 radical (unpaired) electrons. The van der Waals surface area contributed by atoms with Crippen molar-refractivity contribution in [3.63, 3.8) is 0 Å². The molecule has 0 aliphatic heterocycles. The molecule has 1 N–H and O–H groups in total. The van der Waals surface area contributed by atoms with Crippen LogP contribution in [0.5, 0.6) is 0 Å². The Morgan fingerprint density at radius 1 is 1.35 bits per heavy atom. The lowest BCUT2D eigenvalue weighted by atomic mass is 9.62. The molecule has 2 bridgehead atoms. The van der Waals surface area contributed by atoms with Gasteiger partial charge in [-0.15, -0.1) is 0 Å². The monoisotopic (exact) mass is 358 g/mol. The van der Waals surface area contributed by atoms with E-state index in [2.05, 4.69) is 32.9 Å². The van der Waals surface area contributed by atoms with E-state index in [4.69, 9.17) is 4.74 Å². The van der Waals surface area contributed by atoms with E-state index >= 15 is 0 Å². The Kier molecular flexibility index (Phi) is 3.83. The van der Waals surface area contributed by atoms with Gasteiger partial charge in [-0.1, -0.05) is 32.9 Å². The van der Waals surface area contributed by atoms with Gasteiger partial charge in [-0.25, -0.2) is 0 Å². The van der Waals surface area contributed by atoms with E-state index in [1.54, 1.807) is 0 Å². The fourth-order valence-corrected chi connectivity index (χ4v) is 6.65. The molecule has 0 aromatic carbocycles. The van der Waals surface area contributed by atoms with Gasteiger partial charge in [0.05, 0.1) is 12.0 Å². The molecular weight excluding hydrogens is 328 g/mol. The quantitative estimate of drug-likeness (QED) is 0.608. The molecule has 0 aromatic rings. The van der Waals surface area contributed by atoms with Gasteiger partial charge >= 0.3 is 5.97 Å². The molecule has 4 heteroatoms. The minimum atomic E-state index is -0.578. The number of aliphatic hydroxyl groups is 1. The van der Waals surface area contributed by atoms with E-state index in [9.17, 15) is 14.7 Å². The molecule has 2 fully saturated rings. The first kappa shape index (κ1) is 18.0. The maximum Gasteiger partial charge on any atom is 0.303 e. The lowest BCUT2D eigenvalue weighted by molar-refractivity contribution is -0.151. The van der Waals surface area contributed by atoms with Gasteiger partial charge in [0.15, 0.2) is 5.78 Å². The summed E-state index contributed by atoms with van der Waals surface area (Å²) in [6, 6.07) is 0. The number of hydrogen-bond donors (Lipinski definition) is 1. The number of rotatable bonds is 2. The van der Waals surface area contributed by atoms with E-state index in [-0.39, 0.29) is 47.6 Å². The van der Waals surface area contributed by atoms with Crippen LogP contribution in [0.2, 0.25) is 0 Å². The fraction of sp³-hybridized carbons (Fsp3) is 0.727. The van der Waals surface area contributed by atoms with Crippen molar-refractivity contribution in [3.8, 4) is 0 Å². The lowest BCUT2D eigenvalue weighted by Crippen LogP contribution is -2.46. The highest BCUT2D eigenvalue weighted by Crippen LogP contribution is 2.71. The SMILES string of the molecule is CC(=O)O[C@H]1C(C)=CC23C(=O)[C@@H](C=C(CO)C[C@H]12)[C@H]1[C@@H](CC3C)C1(C)C. The van der Waals surface area contributed by atoms with E-state index in [0.29, 0.717) is 18.3 Å². The van der Waals surface area contributed by atoms with Gasteiger partial charge in [0.2, 0.25) is 0 Å². The van der Waals surface area contributed by atoms with E-state index in [0.717, 1.165) is 17.6 Å². The van der Waals surface area contributed by atoms with Gasteiger partial charge in [-0.3, -0.25) is 9.59 Å². The summed E-state index contributed by atoms with van der Waals surface area (Å²) in [4.78, 5) is 25.6. The first-order valence-electron chi connectivity index (χ1n) is 9.85. The smallest absolute Gasteiger partial charge is 0.303 e. The minimum Gasteiger partial charge on any atom is -0.458 e. The summed E-state index contributed by atoms with van der Waals surface area (Å²) in [6.07, 6.45) is 5.47. The molecule has 0 amide bonds. The Labute approximate surface area is 155 Å². The summed E-state index contributed by atoms with van der Waals surface area (Å²) < 4.78 is 5.68. The molecule has 26 heavy (non-hydrogen) atoms. The summed E-state index contributed by atoms with van der Waals surface area (Å²) in [7, 11) is 0. The predicted molar refractivity (Wildman–Crippen MR) is 98.1 cm³/mol. The third kappa shape index (κ3) is 2.17. The van der Waals surface area contributed by atoms with Crippen molar-refractivity contribution in [2.75, 3.05) is 6.61 Å². The molecule has 2 unspecified atom stereocenters. The normalized spacial score (nSPS) is 45.5. The van der Waals surface area contributed by atoms with Crippen LogP contribution in [0.25, 0.3) is 0 Å². The number of carbonyl (C=O) groups excluding carboxylic acids is 2. The minimum absolute atomic E-state index is 0.0333. The Morgan fingerprint density at radius 2 is 2.04 bits per heavy atom. The molecular formula is C22H30O4. The average Bonchev–Trinajstić information content (AvgIpc) is 3.04. The van der Waals surface area contributed by atoms with Crippen molar-refractivity contribution < 1.29 is 19.4 Å². The zero-order valence-electron chi connectivity index (χ0n) is 16.4. The van der Waals surface area contributed by atoms with Crippen LogP contribution < -0.4 is 0 Å². The third-order valence-corrected chi connectivity index (χ3v) is 7.97. The summed E-state index contributed by atoms with van der Waals surface area (Å²) >= 11 is 0. The molecule has 4 aliphatic carbocycles. The van der Waals surface area contributed by atoms with Gasteiger partial charge in [0.1, 0.15) is 6.10 Å². The molecule has 7 atom stereocenters. The van der Waals surface area contributed by atoms with Crippen LogP contribution in [-0.2, 0) is 14.3 Å². The van der Waals surface area contributed by atoms with Crippen LogP contribution in [0, 0.1) is 40.4 Å². The number of ketones is 1. The van der Waals surface area contributed by atoms with Crippen molar-refractivity contribution in [1.82, 2.24) is 0 Å². The van der Waals surface area contributed by atoms with Crippen molar-refractivity contribution in [2.24, 2.45) is 40.4 Å². The molecule has 0 saturated heterocycles. The van der Waals surface area contributed by atoms with Gasteiger partial charge in [-0.05, 0) is 54.1 Å². The molecule has 0 aromatic heterocycles. The zero-order chi connectivity index (χ0) is 19.0. The molecule has 142 valence electrons. The first-order valence-corrected chi connectivity index (χ1v) is 9.85. The number of carbonyl (C=O) groups is 2. The number of esters is 1. The third-order valence-electron chi connectivity index (χ3n) is 7.97. The van der Waals surface area contributed by atoms with Crippen molar-refractivity contribution in [3.05, 3.63) is 23.3 Å². The molecule has 4 rings (SSSR count). The second kappa shape index (κ2) is 5.54. The summed E-state index contributed by atoms with van der Waals surface area (Å²) in [5.74, 6) is 0.852. The van der Waals surface area contributed by atoms with Crippen LogP contribution in [0.3, 0.4) is 0 Å². The van der Waals surface area contributed by atoms with Gasteiger partial charge in [0.25, 0.3) is 0 Å². The highest BCUT2D eigenvalue weighted by molar-refractivity contribution is 5.93. The largest absolute Gasteiger partial charge is 0.458 e. The Bertz CT molecular complexity index is 730. The molecule has 1 spiro atoms. The van der Waals surface area contributed by atoms with Crippen molar-refractivity contribution >= 4 is 11.8 Å². The van der Waals surface area contributed by atoms with Crippen LogP contribution in [0.15, 0.2) is 23.3 Å². The number of ether oxygens (including phenoxy) is 1. The van der Waals surface area contributed by atoms with Crippen LogP contribution >= 0.6 is 0 Å². The number of hydrogen-bond acceptors (Lipinski definition) is 4. The second-order valence-corrected chi connectivity index (χ2v) is 9.63. The Morgan fingerprint density at radius 3 is 2.65 bits per heavy atom. The highest BCUT2D eigenvalue weighted by Gasteiger charge is 2.70. The maximum atomic E-state index is 13.9. The second-order valence-electron chi connectivity index (χ2n) is 9.63. The summed E-state index contributed by atoms with van der Waals surface area (Å²) in [6.45, 7) is 10.1. The first-order chi connectivity index (χ1) is 12.1. The molecule has 2 saturated carbocycles. The summed E-state index contributed by atoms with van der Waals surface area (Å²) in [5.41, 5.74) is 1.51. The van der Waals surface area contributed by atoms with Crippen LogP contribution in [0.1, 0.15) is 47.5 Å².